The number of nitrogens with zero attached hydrogens (tertiary/aromatic N) is 1. The molecule has 3 aromatic carbocycles. The van der Waals surface area contributed by atoms with Crippen LogP contribution in [0.4, 0.5) is 0 Å². The lowest BCUT2D eigenvalue weighted by atomic mass is 9.90. The van der Waals surface area contributed by atoms with E-state index in [0.717, 1.165) is 16.7 Å². The fourth-order valence-electron chi connectivity index (χ4n) is 4.10. The Morgan fingerprint density at radius 1 is 0.781 bits per heavy atom. The molecule has 1 aliphatic heterocycles. The first-order chi connectivity index (χ1) is 15.7. The van der Waals surface area contributed by atoms with Crippen LogP contribution in [0.1, 0.15) is 22.6 Å². The fourth-order valence-corrected chi connectivity index (χ4v) is 4.10. The largest absolute Gasteiger partial charge is 0.378 e. The van der Waals surface area contributed by atoms with E-state index in [1.807, 2.05) is 91.0 Å². The second-order valence-electron chi connectivity index (χ2n) is 7.94. The van der Waals surface area contributed by atoms with Crippen molar-refractivity contribution in [3.8, 4) is 0 Å². The summed E-state index contributed by atoms with van der Waals surface area (Å²) < 4.78 is 5.40. The van der Waals surface area contributed by atoms with Crippen LogP contribution in [0.3, 0.4) is 0 Å². The number of amides is 2. The standard InChI is InChI=1S/C27H28N2O3/c30-26(25(22-12-6-2-7-13-22)23-14-8-3-9-15-23)28-24(20-21-10-4-1-5-11-21)27(31)29-16-18-32-19-17-29/h1-15,24-25H,16-20H2,(H,28,30). The Balaban J connectivity index is 1.61. The van der Waals surface area contributed by atoms with E-state index in [0.29, 0.717) is 32.7 Å². The van der Waals surface area contributed by atoms with Crippen LogP contribution in [-0.4, -0.2) is 49.1 Å². The number of nitrogens with one attached hydrogen (secondary N) is 1. The Bertz CT molecular complexity index is 963. The molecule has 0 saturated carbocycles. The van der Waals surface area contributed by atoms with Gasteiger partial charge in [0.05, 0.1) is 19.1 Å². The minimum absolute atomic E-state index is 0.0645. The molecule has 0 radical (unpaired) electrons. The highest BCUT2D eigenvalue weighted by molar-refractivity contribution is 5.92. The Labute approximate surface area is 189 Å². The molecule has 1 saturated heterocycles. The van der Waals surface area contributed by atoms with Gasteiger partial charge in [0.1, 0.15) is 6.04 Å². The molecule has 164 valence electrons. The lowest BCUT2D eigenvalue weighted by Crippen LogP contribution is -2.53. The second-order valence-corrected chi connectivity index (χ2v) is 7.94. The highest BCUT2D eigenvalue weighted by Gasteiger charge is 2.31. The van der Waals surface area contributed by atoms with Crippen LogP contribution >= 0.6 is 0 Å². The monoisotopic (exact) mass is 428 g/mol. The number of rotatable bonds is 7. The van der Waals surface area contributed by atoms with Gasteiger partial charge in [0.15, 0.2) is 0 Å². The summed E-state index contributed by atoms with van der Waals surface area (Å²) in [6, 6.07) is 28.6. The van der Waals surface area contributed by atoms with Crippen molar-refractivity contribution in [2.75, 3.05) is 26.3 Å². The molecule has 1 fully saturated rings. The molecule has 2 amide bonds. The van der Waals surface area contributed by atoms with E-state index >= 15 is 0 Å². The van der Waals surface area contributed by atoms with Crippen LogP contribution in [0.5, 0.6) is 0 Å². The Morgan fingerprint density at radius 2 is 1.28 bits per heavy atom. The number of hydrogen-bond acceptors (Lipinski definition) is 3. The molecule has 1 heterocycles. The summed E-state index contributed by atoms with van der Waals surface area (Å²) in [7, 11) is 0. The Hall–Kier alpha value is -3.44. The predicted octanol–water partition coefficient (Wildman–Crippen LogP) is 3.40. The number of ether oxygens (including phenoxy) is 1. The summed E-state index contributed by atoms with van der Waals surface area (Å²) in [4.78, 5) is 28.8. The van der Waals surface area contributed by atoms with E-state index in [1.165, 1.54) is 0 Å². The molecule has 1 unspecified atom stereocenters. The summed E-state index contributed by atoms with van der Waals surface area (Å²) in [6.45, 7) is 2.13. The third-order valence-electron chi connectivity index (χ3n) is 5.75. The van der Waals surface area contributed by atoms with Gasteiger partial charge >= 0.3 is 0 Å². The average Bonchev–Trinajstić information content (AvgIpc) is 2.86. The van der Waals surface area contributed by atoms with Gasteiger partial charge in [0.25, 0.3) is 0 Å². The molecule has 5 heteroatoms. The fraction of sp³-hybridized carbons (Fsp3) is 0.259. The van der Waals surface area contributed by atoms with Gasteiger partial charge in [-0.3, -0.25) is 9.59 Å². The first-order valence-electron chi connectivity index (χ1n) is 11.0. The molecule has 0 aromatic heterocycles. The van der Waals surface area contributed by atoms with Crippen LogP contribution in [-0.2, 0) is 20.7 Å². The van der Waals surface area contributed by atoms with Gasteiger partial charge in [0, 0.05) is 19.5 Å². The number of morpholine rings is 1. The normalized spacial score (nSPS) is 14.7. The number of carbonyl (C=O) groups excluding carboxylic acids is 2. The lowest BCUT2D eigenvalue weighted by molar-refractivity contribution is -0.140. The van der Waals surface area contributed by atoms with E-state index < -0.39 is 12.0 Å². The molecule has 1 N–H and O–H groups in total. The zero-order valence-corrected chi connectivity index (χ0v) is 18.0. The number of carbonyl (C=O) groups is 2. The van der Waals surface area contributed by atoms with Crippen LogP contribution in [0.15, 0.2) is 91.0 Å². The van der Waals surface area contributed by atoms with Crippen LogP contribution in [0, 0.1) is 0 Å². The maximum atomic E-state index is 13.6. The third kappa shape index (κ3) is 5.42. The molecule has 5 nitrogen and oxygen atoms in total. The SMILES string of the molecule is O=C(NC(Cc1ccccc1)C(=O)N1CCOCC1)C(c1ccccc1)c1ccccc1. The summed E-state index contributed by atoms with van der Waals surface area (Å²) in [6.07, 6.45) is 0.444. The minimum atomic E-state index is -0.641. The van der Waals surface area contributed by atoms with Crippen molar-refractivity contribution >= 4 is 11.8 Å². The van der Waals surface area contributed by atoms with Gasteiger partial charge in [0.2, 0.25) is 11.8 Å². The first-order valence-corrected chi connectivity index (χ1v) is 11.0. The van der Waals surface area contributed by atoms with E-state index in [4.69, 9.17) is 4.74 Å². The van der Waals surface area contributed by atoms with Gasteiger partial charge in [-0.1, -0.05) is 91.0 Å². The highest BCUT2D eigenvalue weighted by Crippen LogP contribution is 2.25. The molecular formula is C27H28N2O3. The molecule has 0 bridgehead atoms. The molecule has 3 aromatic rings. The van der Waals surface area contributed by atoms with Crippen molar-refractivity contribution in [1.29, 1.82) is 0 Å². The van der Waals surface area contributed by atoms with E-state index in [1.54, 1.807) is 4.90 Å². The number of hydrogen-bond donors (Lipinski definition) is 1. The summed E-state index contributed by atoms with van der Waals surface area (Å²) in [5.74, 6) is -0.733. The molecule has 1 atom stereocenters. The van der Waals surface area contributed by atoms with Crippen molar-refractivity contribution in [2.24, 2.45) is 0 Å². The lowest BCUT2D eigenvalue weighted by Gasteiger charge is -2.31. The summed E-state index contributed by atoms with van der Waals surface area (Å²) in [5, 5.41) is 3.09. The van der Waals surface area contributed by atoms with Crippen LogP contribution < -0.4 is 5.32 Å². The second kappa shape index (κ2) is 10.7. The first kappa shape index (κ1) is 21.8. The molecule has 32 heavy (non-hydrogen) atoms. The van der Waals surface area contributed by atoms with Crippen molar-refractivity contribution in [3.63, 3.8) is 0 Å². The molecule has 4 rings (SSSR count). The van der Waals surface area contributed by atoms with E-state index in [-0.39, 0.29) is 11.8 Å². The zero-order chi connectivity index (χ0) is 22.2. The topological polar surface area (TPSA) is 58.6 Å². The van der Waals surface area contributed by atoms with E-state index in [9.17, 15) is 9.59 Å². The Kier molecular flexibility index (Phi) is 7.31. The molecule has 1 aliphatic rings. The third-order valence-corrected chi connectivity index (χ3v) is 5.75. The average molecular weight is 429 g/mol. The van der Waals surface area contributed by atoms with Gasteiger partial charge in [-0.15, -0.1) is 0 Å². The van der Waals surface area contributed by atoms with Crippen molar-refractivity contribution in [1.82, 2.24) is 10.2 Å². The van der Waals surface area contributed by atoms with Crippen LogP contribution in [0.2, 0.25) is 0 Å². The molecule has 0 aliphatic carbocycles. The van der Waals surface area contributed by atoms with Crippen molar-refractivity contribution in [2.45, 2.75) is 18.4 Å². The van der Waals surface area contributed by atoms with Crippen molar-refractivity contribution < 1.29 is 14.3 Å². The van der Waals surface area contributed by atoms with Gasteiger partial charge in [-0.25, -0.2) is 0 Å². The van der Waals surface area contributed by atoms with E-state index in [2.05, 4.69) is 5.32 Å². The molecular weight excluding hydrogens is 400 g/mol. The highest BCUT2D eigenvalue weighted by atomic mass is 16.5. The Morgan fingerprint density at radius 3 is 1.81 bits per heavy atom. The maximum absolute atomic E-state index is 13.6. The summed E-state index contributed by atoms with van der Waals surface area (Å²) in [5.41, 5.74) is 2.80. The van der Waals surface area contributed by atoms with Gasteiger partial charge in [-0.2, -0.15) is 0 Å². The minimum Gasteiger partial charge on any atom is -0.378 e. The smallest absolute Gasteiger partial charge is 0.245 e. The van der Waals surface area contributed by atoms with Gasteiger partial charge < -0.3 is 15.0 Å². The predicted molar refractivity (Wildman–Crippen MR) is 124 cm³/mol. The quantitative estimate of drug-likeness (QED) is 0.628. The summed E-state index contributed by atoms with van der Waals surface area (Å²) >= 11 is 0. The van der Waals surface area contributed by atoms with Crippen LogP contribution in [0.25, 0.3) is 0 Å². The molecule has 0 spiro atoms. The van der Waals surface area contributed by atoms with Crippen molar-refractivity contribution in [3.05, 3.63) is 108 Å². The maximum Gasteiger partial charge on any atom is 0.245 e. The van der Waals surface area contributed by atoms with Gasteiger partial charge in [-0.05, 0) is 16.7 Å². The zero-order valence-electron chi connectivity index (χ0n) is 18.0. The number of benzene rings is 3.